The SMILES string of the molecule is CC(=O)OC1CC[C@]2(C)C3CC[C@]4(C)/C(=N/NC(=O)CCC(=O)O)CCC4C3CC[C@H]2C1. The minimum absolute atomic E-state index is 0.0272. The van der Waals surface area contributed by atoms with Gasteiger partial charge in [0.1, 0.15) is 6.10 Å². The second-order valence-electron chi connectivity index (χ2n) is 11.1. The highest BCUT2D eigenvalue weighted by Crippen LogP contribution is 2.65. The molecule has 0 aliphatic heterocycles. The molecule has 32 heavy (non-hydrogen) atoms. The van der Waals surface area contributed by atoms with E-state index >= 15 is 0 Å². The average Bonchev–Trinajstić information content (AvgIpc) is 3.07. The van der Waals surface area contributed by atoms with E-state index in [2.05, 4.69) is 24.4 Å². The summed E-state index contributed by atoms with van der Waals surface area (Å²) in [7, 11) is 0. The first kappa shape index (κ1) is 23.2. The molecule has 4 aliphatic carbocycles. The number of fused-ring (bicyclic) bond motifs is 5. The molecule has 7 nitrogen and oxygen atoms in total. The van der Waals surface area contributed by atoms with E-state index in [0.717, 1.165) is 44.2 Å². The van der Waals surface area contributed by atoms with Gasteiger partial charge in [-0.25, -0.2) is 5.43 Å². The van der Waals surface area contributed by atoms with Crippen LogP contribution in [0.5, 0.6) is 0 Å². The Balaban J connectivity index is 1.44. The first-order chi connectivity index (χ1) is 15.1. The smallest absolute Gasteiger partial charge is 0.303 e. The second kappa shape index (κ2) is 8.79. The average molecular weight is 447 g/mol. The van der Waals surface area contributed by atoms with Gasteiger partial charge < -0.3 is 9.84 Å². The Hall–Kier alpha value is -1.92. The summed E-state index contributed by atoms with van der Waals surface area (Å²) < 4.78 is 5.58. The van der Waals surface area contributed by atoms with Crippen molar-refractivity contribution >= 4 is 23.6 Å². The lowest BCUT2D eigenvalue weighted by Crippen LogP contribution is -2.54. The molecule has 178 valence electrons. The van der Waals surface area contributed by atoms with Crippen LogP contribution in [0, 0.1) is 34.5 Å². The summed E-state index contributed by atoms with van der Waals surface area (Å²) in [6.07, 6.45) is 9.78. The minimum Gasteiger partial charge on any atom is -0.481 e. The van der Waals surface area contributed by atoms with E-state index in [1.54, 1.807) is 0 Å². The maximum absolute atomic E-state index is 12.0. The summed E-state index contributed by atoms with van der Waals surface area (Å²) in [5, 5.41) is 13.3. The quantitative estimate of drug-likeness (QED) is 0.484. The number of aliphatic carboxylic acids is 1. The van der Waals surface area contributed by atoms with E-state index in [4.69, 9.17) is 9.84 Å². The zero-order valence-electron chi connectivity index (χ0n) is 19.7. The van der Waals surface area contributed by atoms with Gasteiger partial charge >= 0.3 is 11.9 Å². The van der Waals surface area contributed by atoms with Crippen LogP contribution in [-0.2, 0) is 19.1 Å². The molecular weight excluding hydrogens is 408 g/mol. The number of rotatable bonds is 5. The van der Waals surface area contributed by atoms with Crippen LogP contribution in [0.1, 0.15) is 91.4 Å². The van der Waals surface area contributed by atoms with E-state index in [-0.39, 0.29) is 36.2 Å². The molecular formula is C25H38N2O5. The lowest BCUT2D eigenvalue weighted by Gasteiger charge is -2.60. The number of carbonyl (C=O) groups is 3. The molecule has 4 rings (SSSR count). The van der Waals surface area contributed by atoms with Crippen LogP contribution in [0.15, 0.2) is 5.10 Å². The number of carboxylic acid groups (broad SMARTS) is 1. The number of hydrogen-bond donors (Lipinski definition) is 2. The monoisotopic (exact) mass is 446 g/mol. The molecule has 4 aliphatic rings. The molecule has 4 fully saturated rings. The van der Waals surface area contributed by atoms with Crippen molar-refractivity contribution in [2.45, 2.75) is 97.5 Å². The standard InChI is InChI=1S/C25H38N2O5/c1-15(28)32-17-10-12-24(2)16(14-17)4-5-18-19-6-7-21(25(19,3)13-11-20(18)24)26-27-22(29)8-9-23(30)31/h16-20H,4-14H2,1-3H3,(H,27,29)(H,30,31)/b26-21+/t16-,17?,18?,19?,20?,24-,25-/m0/s1. The Kier molecular flexibility index (Phi) is 6.38. The lowest BCUT2D eigenvalue weighted by atomic mass is 9.45. The summed E-state index contributed by atoms with van der Waals surface area (Å²) >= 11 is 0. The molecule has 0 spiro atoms. The maximum Gasteiger partial charge on any atom is 0.303 e. The number of ether oxygens (including phenoxy) is 1. The molecule has 0 saturated heterocycles. The number of hydrogen-bond acceptors (Lipinski definition) is 5. The summed E-state index contributed by atoms with van der Waals surface area (Å²) in [5.74, 6) is 1.18. The van der Waals surface area contributed by atoms with Crippen LogP contribution < -0.4 is 5.43 Å². The van der Waals surface area contributed by atoms with Crippen molar-refractivity contribution in [3.8, 4) is 0 Å². The topological polar surface area (TPSA) is 105 Å². The van der Waals surface area contributed by atoms with Crippen molar-refractivity contribution < 1.29 is 24.2 Å². The summed E-state index contributed by atoms with van der Waals surface area (Å²) in [5.41, 5.74) is 4.07. The molecule has 0 bridgehead atoms. The van der Waals surface area contributed by atoms with Crippen molar-refractivity contribution in [3.63, 3.8) is 0 Å². The molecule has 4 unspecified atom stereocenters. The number of hydrazone groups is 1. The Morgan fingerprint density at radius 3 is 2.56 bits per heavy atom. The highest BCUT2D eigenvalue weighted by Gasteiger charge is 2.59. The van der Waals surface area contributed by atoms with Crippen LogP contribution in [-0.4, -0.2) is 34.8 Å². The van der Waals surface area contributed by atoms with Gasteiger partial charge in [0.05, 0.1) is 6.42 Å². The van der Waals surface area contributed by atoms with Crippen LogP contribution >= 0.6 is 0 Å². The number of esters is 1. The first-order valence-corrected chi connectivity index (χ1v) is 12.4. The second-order valence-corrected chi connectivity index (χ2v) is 11.1. The van der Waals surface area contributed by atoms with Gasteiger partial charge in [0.25, 0.3) is 0 Å². The van der Waals surface area contributed by atoms with Gasteiger partial charge in [-0.05, 0) is 86.9 Å². The Morgan fingerprint density at radius 1 is 1.06 bits per heavy atom. The number of amides is 1. The van der Waals surface area contributed by atoms with Crippen LogP contribution in [0.25, 0.3) is 0 Å². The largest absolute Gasteiger partial charge is 0.481 e. The summed E-state index contributed by atoms with van der Waals surface area (Å²) in [6, 6.07) is 0. The molecule has 0 aromatic rings. The highest BCUT2D eigenvalue weighted by molar-refractivity contribution is 5.93. The van der Waals surface area contributed by atoms with Crippen molar-refractivity contribution in [3.05, 3.63) is 0 Å². The zero-order valence-corrected chi connectivity index (χ0v) is 19.7. The molecule has 7 heteroatoms. The molecule has 1 amide bonds. The molecule has 0 heterocycles. The van der Waals surface area contributed by atoms with Gasteiger partial charge in [-0.1, -0.05) is 13.8 Å². The van der Waals surface area contributed by atoms with Crippen molar-refractivity contribution in [1.82, 2.24) is 5.43 Å². The number of carboxylic acids is 1. The van der Waals surface area contributed by atoms with E-state index in [1.807, 2.05) is 0 Å². The highest BCUT2D eigenvalue weighted by atomic mass is 16.5. The van der Waals surface area contributed by atoms with Crippen LogP contribution in [0.2, 0.25) is 0 Å². The van der Waals surface area contributed by atoms with E-state index in [9.17, 15) is 14.4 Å². The third-order valence-electron chi connectivity index (χ3n) is 9.57. The zero-order chi connectivity index (χ0) is 23.1. The third kappa shape index (κ3) is 4.19. The minimum atomic E-state index is -0.968. The third-order valence-corrected chi connectivity index (χ3v) is 9.57. The van der Waals surface area contributed by atoms with E-state index < -0.39 is 5.97 Å². The maximum atomic E-state index is 12.0. The fourth-order valence-electron chi connectivity index (χ4n) is 7.94. The summed E-state index contributed by atoms with van der Waals surface area (Å²) in [4.78, 5) is 34.1. The van der Waals surface area contributed by atoms with E-state index in [1.165, 1.54) is 26.2 Å². The van der Waals surface area contributed by atoms with Crippen LogP contribution in [0.3, 0.4) is 0 Å². The van der Waals surface area contributed by atoms with Gasteiger partial charge in [-0.3, -0.25) is 14.4 Å². The van der Waals surface area contributed by atoms with Gasteiger partial charge in [0, 0.05) is 24.5 Å². The number of nitrogens with zero attached hydrogens (tertiary/aromatic N) is 1. The van der Waals surface area contributed by atoms with Crippen molar-refractivity contribution in [2.75, 3.05) is 0 Å². The predicted molar refractivity (Wildman–Crippen MR) is 120 cm³/mol. The van der Waals surface area contributed by atoms with Gasteiger partial charge in [-0.2, -0.15) is 5.10 Å². The van der Waals surface area contributed by atoms with Gasteiger partial charge in [-0.15, -0.1) is 0 Å². The molecule has 4 saturated carbocycles. The Labute approximate surface area is 190 Å². The Bertz CT molecular complexity index is 810. The fourth-order valence-corrected chi connectivity index (χ4v) is 7.94. The molecule has 0 aromatic carbocycles. The van der Waals surface area contributed by atoms with Gasteiger partial charge in [0.15, 0.2) is 0 Å². The predicted octanol–water partition coefficient (Wildman–Crippen LogP) is 4.30. The number of nitrogens with one attached hydrogen (secondary N) is 1. The molecule has 0 aromatic heterocycles. The normalized spacial score (nSPS) is 41.8. The number of carbonyl (C=O) groups excluding carboxylic acids is 2. The van der Waals surface area contributed by atoms with E-state index in [0.29, 0.717) is 29.1 Å². The van der Waals surface area contributed by atoms with Crippen molar-refractivity contribution in [1.29, 1.82) is 0 Å². The van der Waals surface area contributed by atoms with Gasteiger partial charge in [0.2, 0.25) is 5.91 Å². The lowest BCUT2D eigenvalue weighted by molar-refractivity contribution is -0.158. The first-order valence-electron chi connectivity index (χ1n) is 12.4. The summed E-state index contributed by atoms with van der Waals surface area (Å²) in [6.45, 7) is 6.34. The van der Waals surface area contributed by atoms with Crippen LogP contribution in [0.4, 0.5) is 0 Å². The Morgan fingerprint density at radius 2 is 1.84 bits per heavy atom. The fraction of sp³-hybridized carbons (Fsp3) is 0.840. The molecule has 7 atom stereocenters. The molecule has 0 radical (unpaired) electrons. The molecule has 2 N–H and O–H groups in total. The van der Waals surface area contributed by atoms with Crippen molar-refractivity contribution in [2.24, 2.45) is 39.6 Å².